The van der Waals surface area contributed by atoms with Crippen LogP contribution in [-0.4, -0.2) is 62.7 Å². The third-order valence-electron chi connectivity index (χ3n) is 6.74. The Morgan fingerprint density at radius 3 is 2.20 bits per heavy atom. The number of rotatable bonds is 13. The van der Waals surface area contributed by atoms with E-state index in [1.165, 1.54) is 19.0 Å². The van der Waals surface area contributed by atoms with Crippen molar-refractivity contribution in [3.63, 3.8) is 0 Å². The molecule has 1 N–H and O–H groups in total. The minimum absolute atomic E-state index is 0.131. The zero-order valence-electron chi connectivity index (χ0n) is 24.3. The fourth-order valence-corrected chi connectivity index (χ4v) is 5.77. The van der Waals surface area contributed by atoms with Crippen molar-refractivity contribution >= 4 is 43.6 Å². The van der Waals surface area contributed by atoms with Crippen molar-refractivity contribution in [1.29, 1.82) is 0 Å². The molecule has 0 saturated carbocycles. The largest absolute Gasteiger partial charge is 0.354 e. The Morgan fingerprint density at radius 2 is 1.59 bits per heavy atom. The molecule has 0 unspecified atom stereocenters. The molecule has 3 rings (SSSR count). The Morgan fingerprint density at radius 1 is 0.927 bits per heavy atom. The fraction of sp³-hybridized carbons (Fsp3) is 0.355. The van der Waals surface area contributed by atoms with Gasteiger partial charge in [0.15, 0.2) is 0 Å². The Hall–Kier alpha value is -3.21. The molecule has 0 aliphatic carbocycles. The minimum atomic E-state index is -4.04. The summed E-state index contributed by atoms with van der Waals surface area (Å²) in [6.45, 7) is 5.78. The van der Waals surface area contributed by atoms with Crippen molar-refractivity contribution in [2.24, 2.45) is 0 Å². The molecule has 8 nitrogen and oxygen atoms in total. The molecule has 1 atom stereocenters. The first-order chi connectivity index (χ1) is 19.4. The first-order valence-electron chi connectivity index (χ1n) is 13.6. The highest BCUT2D eigenvalue weighted by atomic mass is 79.9. The van der Waals surface area contributed by atoms with E-state index in [2.05, 4.69) is 21.2 Å². The third-order valence-corrected chi connectivity index (χ3v) is 9.07. The summed E-state index contributed by atoms with van der Waals surface area (Å²) in [7, 11) is -1.17. The standard InChI is InChI=1S/C31H39BrN4O4S/c1-6-18-33-31(38)29(20-25-10-8-7-9-11-25)35(21-26-14-16-27(32)17-15-26)30(37)22-36(41(39,40)34(4)5)28-19-23(2)12-13-24(28)3/h7-17,19,29H,6,18,20-22H2,1-5H3,(H,33,38)/t29-/m0/s1. The van der Waals surface area contributed by atoms with Crippen LogP contribution in [0.3, 0.4) is 0 Å². The van der Waals surface area contributed by atoms with Crippen LogP contribution in [0.2, 0.25) is 0 Å². The van der Waals surface area contributed by atoms with Gasteiger partial charge in [0, 0.05) is 38.1 Å². The molecule has 0 heterocycles. The van der Waals surface area contributed by atoms with Crippen LogP contribution in [0.25, 0.3) is 0 Å². The highest BCUT2D eigenvalue weighted by molar-refractivity contribution is 9.10. The van der Waals surface area contributed by atoms with Gasteiger partial charge in [-0.25, -0.2) is 4.31 Å². The first-order valence-corrected chi connectivity index (χ1v) is 15.8. The lowest BCUT2D eigenvalue weighted by Gasteiger charge is -2.35. The lowest BCUT2D eigenvalue weighted by Crippen LogP contribution is -2.54. The van der Waals surface area contributed by atoms with E-state index in [1.54, 1.807) is 6.07 Å². The van der Waals surface area contributed by atoms with Gasteiger partial charge in [0.1, 0.15) is 12.6 Å². The Balaban J connectivity index is 2.11. The van der Waals surface area contributed by atoms with Crippen molar-refractivity contribution in [1.82, 2.24) is 14.5 Å². The van der Waals surface area contributed by atoms with Crippen LogP contribution in [-0.2, 0) is 32.8 Å². The number of nitrogens with zero attached hydrogens (tertiary/aromatic N) is 3. The van der Waals surface area contributed by atoms with Crippen LogP contribution in [0.5, 0.6) is 0 Å². The Kier molecular flexibility index (Phi) is 11.5. The monoisotopic (exact) mass is 642 g/mol. The maximum atomic E-state index is 14.3. The van der Waals surface area contributed by atoms with Crippen molar-refractivity contribution in [2.45, 2.75) is 46.2 Å². The third kappa shape index (κ3) is 8.64. The van der Waals surface area contributed by atoms with Gasteiger partial charge in [-0.05, 0) is 60.7 Å². The normalized spacial score (nSPS) is 12.2. The van der Waals surface area contributed by atoms with Crippen LogP contribution in [0.4, 0.5) is 5.69 Å². The van der Waals surface area contributed by atoms with Crippen LogP contribution >= 0.6 is 15.9 Å². The van der Waals surface area contributed by atoms with Gasteiger partial charge in [-0.1, -0.05) is 77.5 Å². The number of anilines is 1. The molecule has 0 fully saturated rings. The molecular formula is C31H39BrN4O4S. The van der Waals surface area contributed by atoms with Gasteiger partial charge in [0.2, 0.25) is 11.8 Å². The number of aryl methyl sites for hydroxylation is 2. The number of halogens is 1. The van der Waals surface area contributed by atoms with E-state index in [4.69, 9.17) is 0 Å². The average Bonchev–Trinajstić information content (AvgIpc) is 2.95. The van der Waals surface area contributed by atoms with Crippen LogP contribution < -0.4 is 9.62 Å². The summed E-state index contributed by atoms with van der Waals surface area (Å²) in [5, 5.41) is 2.95. The Labute approximate surface area is 252 Å². The summed E-state index contributed by atoms with van der Waals surface area (Å²) in [5.74, 6) is -0.762. The predicted octanol–water partition coefficient (Wildman–Crippen LogP) is 4.85. The number of nitrogens with one attached hydrogen (secondary N) is 1. The number of benzene rings is 3. The molecule has 10 heteroatoms. The number of hydrogen-bond donors (Lipinski definition) is 1. The van der Waals surface area contributed by atoms with E-state index >= 15 is 0 Å². The van der Waals surface area contributed by atoms with Crippen LogP contribution in [0.15, 0.2) is 77.3 Å². The topological polar surface area (TPSA) is 90.0 Å². The molecule has 0 aliphatic rings. The summed E-state index contributed by atoms with van der Waals surface area (Å²) in [5.41, 5.74) is 3.71. The number of carbonyl (C=O) groups is 2. The van der Waals surface area contributed by atoms with Gasteiger partial charge in [-0.15, -0.1) is 0 Å². The zero-order valence-corrected chi connectivity index (χ0v) is 26.7. The maximum Gasteiger partial charge on any atom is 0.304 e. The van der Waals surface area contributed by atoms with E-state index in [0.29, 0.717) is 12.2 Å². The predicted molar refractivity (Wildman–Crippen MR) is 168 cm³/mol. The number of amides is 2. The van der Waals surface area contributed by atoms with Gasteiger partial charge in [-0.2, -0.15) is 12.7 Å². The molecule has 0 bridgehead atoms. The van der Waals surface area contributed by atoms with Gasteiger partial charge < -0.3 is 10.2 Å². The molecule has 2 amide bonds. The van der Waals surface area contributed by atoms with E-state index in [9.17, 15) is 18.0 Å². The van der Waals surface area contributed by atoms with Crippen molar-refractivity contribution < 1.29 is 18.0 Å². The van der Waals surface area contributed by atoms with Crippen LogP contribution in [0, 0.1) is 13.8 Å². The quantitative estimate of drug-likeness (QED) is 0.289. The van der Waals surface area contributed by atoms with Gasteiger partial charge in [-0.3, -0.25) is 9.59 Å². The molecule has 0 radical (unpaired) electrons. The first kappa shape index (κ1) is 32.3. The highest BCUT2D eigenvalue weighted by Crippen LogP contribution is 2.26. The molecular weight excluding hydrogens is 604 g/mol. The second-order valence-electron chi connectivity index (χ2n) is 10.2. The van der Waals surface area contributed by atoms with Crippen molar-refractivity contribution in [3.8, 4) is 0 Å². The second kappa shape index (κ2) is 14.6. The zero-order chi connectivity index (χ0) is 30.2. The number of carbonyl (C=O) groups excluding carboxylic acids is 2. The lowest BCUT2D eigenvalue weighted by molar-refractivity contribution is -0.140. The summed E-state index contributed by atoms with van der Waals surface area (Å²) in [6.07, 6.45) is 1.02. The molecule has 3 aromatic carbocycles. The molecule has 0 spiro atoms. The van der Waals surface area contributed by atoms with E-state index in [0.717, 1.165) is 41.8 Å². The SMILES string of the molecule is CCCNC(=O)[C@H](Cc1ccccc1)N(Cc1ccc(Br)cc1)C(=O)CN(c1cc(C)ccc1C)S(=O)(=O)N(C)C. The fourth-order valence-electron chi connectivity index (χ4n) is 4.40. The molecule has 0 saturated heterocycles. The van der Waals surface area contributed by atoms with Crippen LogP contribution in [0.1, 0.15) is 35.6 Å². The molecule has 3 aromatic rings. The average molecular weight is 644 g/mol. The molecule has 220 valence electrons. The molecule has 0 aliphatic heterocycles. The van der Waals surface area contributed by atoms with Crippen molar-refractivity contribution in [3.05, 3.63) is 99.5 Å². The van der Waals surface area contributed by atoms with Crippen molar-refractivity contribution in [2.75, 3.05) is 31.5 Å². The summed E-state index contributed by atoms with van der Waals surface area (Å²) in [4.78, 5) is 29.4. The summed E-state index contributed by atoms with van der Waals surface area (Å²) >= 11 is 3.45. The van der Waals surface area contributed by atoms with Gasteiger partial charge >= 0.3 is 10.2 Å². The van der Waals surface area contributed by atoms with Gasteiger partial charge in [0.05, 0.1) is 5.69 Å². The van der Waals surface area contributed by atoms with E-state index in [1.807, 2.05) is 87.5 Å². The van der Waals surface area contributed by atoms with E-state index in [-0.39, 0.29) is 18.9 Å². The minimum Gasteiger partial charge on any atom is -0.354 e. The lowest BCUT2D eigenvalue weighted by atomic mass is 10.0. The Bertz CT molecular complexity index is 1430. The summed E-state index contributed by atoms with van der Waals surface area (Å²) < 4.78 is 30.3. The number of hydrogen-bond acceptors (Lipinski definition) is 4. The van der Waals surface area contributed by atoms with Gasteiger partial charge in [0.25, 0.3) is 0 Å². The molecule has 41 heavy (non-hydrogen) atoms. The second-order valence-corrected chi connectivity index (χ2v) is 13.2. The smallest absolute Gasteiger partial charge is 0.304 e. The van der Waals surface area contributed by atoms with E-state index < -0.39 is 28.7 Å². The maximum absolute atomic E-state index is 14.3. The highest BCUT2D eigenvalue weighted by Gasteiger charge is 2.35. The molecule has 0 aromatic heterocycles. The summed E-state index contributed by atoms with van der Waals surface area (Å²) in [6, 6.07) is 21.7.